The van der Waals surface area contributed by atoms with Gasteiger partial charge in [-0.1, -0.05) is 50.9 Å². The van der Waals surface area contributed by atoms with Gasteiger partial charge in [-0.2, -0.15) is 0 Å². The molecule has 0 aliphatic heterocycles. The highest BCUT2D eigenvalue weighted by Crippen LogP contribution is 2.29. The molecule has 0 amide bonds. The predicted octanol–water partition coefficient (Wildman–Crippen LogP) is 5.02. The Morgan fingerprint density at radius 1 is 1.17 bits per heavy atom. The molecule has 1 heterocycles. The Morgan fingerprint density at radius 3 is 2.46 bits per heavy atom. The minimum atomic E-state index is 0.324. The lowest BCUT2D eigenvalue weighted by molar-refractivity contribution is 0.216. The second-order valence-electron chi connectivity index (χ2n) is 5.96. The van der Waals surface area contributed by atoms with Crippen LogP contribution in [-0.4, -0.2) is 40.9 Å². The first kappa shape index (κ1) is 19.1. The van der Waals surface area contributed by atoms with Crippen molar-refractivity contribution in [1.29, 1.82) is 0 Å². The summed E-state index contributed by atoms with van der Waals surface area (Å²) >= 11 is 12.1. The molecule has 0 spiro atoms. The van der Waals surface area contributed by atoms with E-state index in [1.807, 2.05) is 12.3 Å². The Labute approximate surface area is 154 Å². The third kappa shape index (κ3) is 4.65. The van der Waals surface area contributed by atoms with Crippen molar-refractivity contribution in [2.45, 2.75) is 33.6 Å². The zero-order chi connectivity index (χ0) is 17.7. The monoisotopic (exact) mass is 369 g/mol. The summed E-state index contributed by atoms with van der Waals surface area (Å²) in [4.78, 5) is 2.32. The molecule has 4 nitrogen and oxygen atoms in total. The van der Waals surface area contributed by atoms with E-state index in [2.05, 4.69) is 37.7 Å². The summed E-state index contributed by atoms with van der Waals surface area (Å²) in [6.07, 6.45) is 2.00. The molecule has 1 aromatic heterocycles. The first-order chi connectivity index (χ1) is 11.5. The Balaban J connectivity index is 2.18. The second kappa shape index (κ2) is 8.75. The van der Waals surface area contributed by atoms with Crippen LogP contribution in [-0.2, 0) is 0 Å². The maximum Gasteiger partial charge on any atom is 0.236 e. The molecule has 0 N–H and O–H groups in total. The van der Waals surface area contributed by atoms with Crippen LogP contribution < -0.4 is 4.74 Å². The van der Waals surface area contributed by atoms with Crippen molar-refractivity contribution in [1.82, 2.24) is 14.7 Å². The number of hydrogen-bond acceptors (Lipinski definition) is 3. The fourth-order valence-electron chi connectivity index (χ4n) is 2.45. The number of likely N-dealkylation sites (N-methyl/N-ethyl adjacent to an activating group) is 1. The lowest BCUT2D eigenvalue weighted by Gasteiger charge is -2.17. The zero-order valence-electron chi connectivity index (χ0n) is 14.7. The Bertz CT molecular complexity index is 666. The van der Waals surface area contributed by atoms with E-state index in [1.54, 1.807) is 16.8 Å². The van der Waals surface area contributed by atoms with Crippen LogP contribution in [0.5, 0.6) is 5.88 Å². The van der Waals surface area contributed by atoms with Crippen molar-refractivity contribution in [3.63, 3.8) is 0 Å². The molecule has 0 aliphatic rings. The van der Waals surface area contributed by atoms with E-state index >= 15 is 0 Å². The first-order valence-electron chi connectivity index (χ1n) is 8.36. The van der Waals surface area contributed by atoms with Gasteiger partial charge < -0.3 is 9.64 Å². The smallest absolute Gasteiger partial charge is 0.236 e. The van der Waals surface area contributed by atoms with E-state index in [-0.39, 0.29) is 0 Å². The molecule has 0 saturated heterocycles. The molecular weight excluding hydrogens is 345 g/mol. The van der Waals surface area contributed by atoms with Gasteiger partial charge in [-0.25, -0.2) is 4.68 Å². The summed E-state index contributed by atoms with van der Waals surface area (Å²) in [5, 5.41) is 5.64. The van der Waals surface area contributed by atoms with Crippen LogP contribution in [0.25, 0.3) is 5.69 Å². The number of benzene rings is 1. The highest BCUT2D eigenvalue weighted by atomic mass is 35.5. The summed E-state index contributed by atoms with van der Waals surface area (Å²) in [7, 11) is 0. The average molecular weight is 370 g/mol. The summed E-state index contributed by atoms with van der Waals surface area (Å²) in [5.74, 6) is 1.01. The third-order valence-corrected chi connectivity index (χ3v) is 4.78. The van der Waals surface area contributed by atoms with Gasteiger partial charge in [0, 0.05) is 18.3 Å². The number of rotatable bonds is 8. The van der Waals surface area contributed by atoms with Crippen molar-refractivity contribution >= 4 is 23.2 Å². The van der Waals surface area contributed by atoms with E-state index in [1.165, 1.54) is 0 Å². The van der Waals surface area contributed by atoms with E-state index in [4.69, 9.17) is 27.9 Å². The standard InChI is InChI=1S/C18H25Cl2N3O/c1-5-22(6-2)9-10-24-18-15(13(3)4)12-23(21-18)14-7-8-16(19)17(20)11-14/h7-8,11-13H,5-6,9-10H2,1-4H3. The zero-order valence-corrected chi connectivity index (χ0v) is 16.2. The van der Waals surface area contributed by atoms with Gasteiger partial charge in [0.2, 0.25) is 5.88 Å². The van der Waals surface area contributed by atoms with E-state index in [9.17, 15) is 0 Å². The lowest BCUT2D eigenvalue weighted by Crippen LogP contribution is -2.28. The minimum absolute atomic E-state index is 0.324. The number of hydrogen-bond donors (Lipinski definition) is 0. The Kier molecular flexibility index (Phi) is 6.96. The van der Waals surface area contributed by atoms with Gasteiger partial charge in [0.1, 0.15) is 6.61 Å². The van der Waals surface area contributed by atoms with Gasteiger partial charge in [0.15, 0.2) is 0 Å². The summed E-state index contributed by atoms with van der Waals surface area (Å²) in [6.45, 7) is 12.1. The molecule has 132 valence electrons. The normalized spacial score (nSPS) is 11.5. The summed E-state index contributed by atoms with van der Waals surface area (Å²) in [6, 6.07) is 5.47. The number of ether oxygens (including phenoxy) is 1. The topological polar surface area (TPSA) is 30.3 Å². The third-order valence-electron chi connectivity index (χ3n) is 4.04. The van der Waals surface area contributed by atoms with Crippen molar-refractivity contribution in [3.8, 4) is 11.6 Å². The summed E-state index contributed by atoms with van der Waals surface area (Å²) in [5.41, 5.74) is 1.95. The van der Waals surface area contributed by atoms with Gasteiger partial charge in [0.25, 0.3) is 0 Å². The second-order valence-corrected chi connectivity index (χ2v) is 6.78. The van der Waals surface area contributed by atoms with Gasteiger partial charge in [0.05, 0.1) is 15.7 Å². The molecule has 0 aliphatic carbocycles. The molecule has 2 rings (SSSR count). The van der Waals surface area contributed by atoms with Crippen LogP contribution in [0.1, 0.15) is 39.2 Å². The molecule has 6 heteroatoms. The van der Waals surface area contributed by atoms with Gasteiger partial charge >= 0.3 is 0 Å². The van der Waals surface area contributed by atoms with Crippen LogP contribution >= 0.6 is 23.2 Å². The van der Waals surface area contributed by atoms with E-state index < -0.39 is 0 Å². The van der Waals surface area contributed by atoms with Crippen LogP contribution in [0.15, 0.2) is 24.4 Å². The number of aromatic nitrogens is 2. The lowest BCUT2D eigenvalue weighted by atomic mass is 10.1. The van der Waals surface area contributed by atoms with Crippen LogP contribution in [0.3, 0.4) is 0 Å². The maximum absolute atomic E-state index is 6.11. The first-order valence-corrected chi connectivity index (χ1v) is 9.12. The number of halogens is 2. The van der Waals surface area contributed by atoms with E-state index in [0.29, 0.717) is 28.5 Å². The Morgan fingerprint density at radius 2 is 1.88 bits per heavy atom. The van der Waals surface area contributed by atoms with Gasteiger partial charge in [-0.3, -0.25) is 0 Å². The number of nitrogens with zero attached hydrogens (tertiary/aromatic N) is 3. The quantitative estimate of drug-likeness (QED) is 0.653. The fourth-order valence-corrected chi connectivity index (χ4v) is 2.74. The molecule has 0 fully saturated rings. The molecule has 1 aromatic carbocycles. The minimum Gasteiger partial charge on any atom is -0.475 e. The highest BCUT2D eigenvalue weighted by molar-refractivity contribution is 6.42. The molecule has 24 heavy (non-hydrogen) atoms. The highest BCUT2D eigenvalue weighted by Gasteiger charge is 2.15. The largest absolute Gasteiger partial charge is 0.475 e. The molecule has 0 unspecified atom stereocenters. The summed E-state index contributed by atoms with van der Waals surface area (Å²) < 4.78 is 7.75. The van der Waals surface area contributed by atoms with Crippen molar-refractivity contribution in [2.75, 3.05) is 26.2 Å². The molecule has 0 radical (unpaired) electrons. The average Bonchev–Trinajstić information content (AvgIpc) is 2.98. The van der Waals surface area contributed by atoms with Crippen LogP contribution in [0, 0.1) is 0 Å². The molecule has 0 atom stereocenters. The predicted molar refractivity (Wildman–Crippen MR) is 101 cm³/mol. The van der Waals surface area contributed by atoms with Crippen molar-refractivity contribution in [2.24, 2.45) is 0 Å². The fraction of sp³-hybridized carbons (Fsp3) is 0.500. The molecule has 2 aromatic rings. The van der Waals surface area contributed by atoms with Crippen LogP contribution in [0.4, 0.5) is 0 Å². The Hall–Kier alpha value is -1.23. The van der Waals surface area contributed by atoms with Crippen molar-refractivity contribution in [3.05, 3.63) is 40.0 Å². The maximum atomic E-state index is 6.11. The van der Waals surface area contributed by atoms with Gasteiger partial charge in [-0.05, 0) is 37.2 Å². The van der Waals surface area contributed by atoms with Crippen molar-refractivity contribution < 1.29 is 4.74 Å². The molecule has 0 saturated carbocycles. The van der Waals surface area contributed by atoms with Crippen LogP contribution in [0.2, 0.25) is 10.0 Å². The SMILES string of the molecule is CCN(CC)CCOc1nn(-c2ccc(Cl)c(Cl)c2)cc1C(C)C. The van der Waals surface area contributed by atoms with Gasteiger partial charge in [-0.15, -0.1) is 5.10 Å². The van der Waals surface area contributed by atoms with E-state index in [0.717, 1.165) is 30.9 Å². The molecular formula is C18H25Cl2N3O. The molecule has 0 bridgehead atoms.